The molecule has 7 heteroatoms. The fourth-order valence-corrected chi connectivity index (χ4v) is 4.99. The fraction of sp³-hybridized carbons (Fsp3) is 0.350. The number of hydrogen-bond acceptors (Lipinski definition) is 5. The molecule has 0 bridgehead atoms. The molecule has 0 saturated carbocycles. The predicted molar refractivity (Wildman–Crippen MR) is 105 cm³/mol. The van der Waals surface area contributed by atoms with Crippen molar-refractivity contribution in [2.75, 3.05) is 0 Å². The Bertz CT molecular complexity index is 1190. The predicted octanol–water partition coefficient (Wildman–Crippen LogP) is 3.25. The Morgan fingerprint density at radius 1 is 1.30 bits per heavy atom. The molecular weight excluding hydrogens is 360 g/mol. The van der Waals surface area contributed by atoms with Crippen LogP contribution in [-0.2, 0) is 24.3 Å². The molecule has 6 nitrogen and oxygen atoms in total. The number of ether oxygens (including phenoxy) is 1. The molecule has 0 saturated heterocycles. The first-order valence-corrected chi connectivity index (χ1v) is 9.97. The van der Waals surface area contributed by atoms with E-state index in [0.717, 1.165) is 32.6 Å². The van der Waals surface area contributed by atoms with Crippen LogP contribution < -0.4 is 5.56 Å². The number of rotatable bonds is 3. The molecule has 27 heavy (non-hydrogen) atoms. The van der Waals surface area contributed by atoms with Crippen LogP contribution in [0.2, 0.25) is 0 Å². The van der Waals surface area contributed by atoms with Gasteiger partial charge in [0.25, 0.3) is 5.56 Å². The molecule has 0 amide bonds. The Hall–Kier alpha value is -2.51. The van der Waals surface area contributed by atoms with Gasteiger partial charge in [0.15, 0.2) is 0 Å². The number of fused-ring (bicyclic) bond motifs is 5. The van der Waals surface area contributed by atoms with E-state index in [1.807, 2.05) is 34.7 Å². The lowest BCUT2D eigenvalue weighted by molar-refractivity contribution is 0.00200. The Morgan fingerprint density at radius 3 is 2.89 bits per heavy atom. The van der Waals surface area contributed by atoms with E-state index in [2.05, 4.69) is 24.0 Å². The van der Waals surface area contributed by atoms with Gasteiger partial charge in [0.1, 0.15) is 11.2 Å². The SMILES string of the molecule is CC(C)[C@@H]1Cc2c(sc3c2c(=O)n(Cc2ccccc2)c2nncn32)CO1. The third kappa shape index (κ3) is 2.61. The summed E-state index contributed by atoms with van der Waals surface area (Å²) in [6.07, 6.45) is 2.62. The number of nitrogens with zero attached hydrogens (tertiary/aromatic N) is 4. The van der Waals surface area contributed by atoms with E-state index in [1.165, 1.54) is 0 Å². The van der Waals surface area contributed by atoms with Crippen LogP contribution in [0.15, 0.2) is 41.5 Å². The Kier molecular flexibility index (Phi) is 3.87. The molecule has 1 aliphatic heterocycles. The zero-order valence-electron chi connectivity index (χ0n) is 15.3. The lowest BCUT2D eigenvalue weighted by Crippen LogP contribution is -2.28. The van der Waals surface area contributed by atoms with E-state index in [0.29, 0.717) is 24.8 Å². The quantitative estimate of drug-likeness (QED) is 0.547. The van der Waals surface area contributed by atoms with Crippen LogP contribution in [0.5, 0.6) is 0 Å². The molecule has 0 fully saturated rings. The van der Waals surface area contributed by atoms with Crippen LogP contribution >= 0.6 is 11.3 Å². The molecule has 1 aromatic carbocycles. The van der Waals surface area contributed by atoms with Crippen molar-refractivity contribution >= 4 is 27.3 Å². The molecule has 4 heterocycles. The highest BCUT2D eigenvalue weighted by Gasteiger charge is 2.28. The van der Waals surface area contributed by atoms with Gasteiger partial charge in [-0.3, -0.25) is 13.8 Å². The molecule has 0 spiro atoms. The summed E-state index contributed by atoms with van der Waals surface area (Å²) in [4.78, 5) is 15.6. The van der Waals surface area contributed by atoms with Crippen LogP contribution in [0, 0.1) is 5.92 Å². The summed E-state index contributed by atoms with van der Waals surface area (Å²) in [5.41, 5.74) is 2.22. The topological polar surface area (TPSA) is 61.4 Å². The lowest BCUT2D eigenvalue weighted by atomic mass is 9.96. The average molecular weight is 380 g/mol. The summed E-state index contributed by atoms with van der Waals surface area (Å²) in [5, 5.41) is 9.10. The van der Waals surface area contributed by atoms with Crippen LogP contribution in [0.1, 0.15) is 29.9 Å². The van der Waals surface area contributed by atoms with Gasteiger partial charge in [0, 0.05) is 11.3 Å². The van der Waals surface area contributed by atoms with Crippen molar-refractivity contribution in [2.24, 2.45) is 5.92 Å². The summed E-state index contributed by atoms with van der Waals surface area (Å²) < 4.78 is 9.69. The highest BCUT2D eigenvalue weighted by molar-refractivity contribution is 7.18. The molecule has 3 aromatic heterocycles. The van der Waals surface area contributed by atoms with Crippen molar-refractivity contribution < 1.29 is 4.74 Å². The van der Waals surface area contributed by atoms with Gasteiger partial charge in [-0.25, -0.2) is 0 Å². The highest BCUT2D eigenvalue weighted by atomic mass is 32.1. The van der Waals surface area contributed by atoms with Gasteiger partial charge in [0.2, 0.25) is 5.78 Å². The Balaban J connectivity index is 1.76. The number of aromatic nitrogens is 4. The second kappa shape index (κ2) is 6.28. The first-order valence-electron chi connectivity index (χ1n) is 9.16. The maximum atomic E-state index is 13.5. The zero-order chi connectivity index (χ0) is 18.5. The second-order valence-corrected chi connectivity index (χ2v) is 8.44. The fourth-order valence-electron chi connectivity index (χ4n) is 3.78. The molecule has 0 radical (unpaired) electrons. The van der Waals surface area contributed by atoms with Crippen LogP contribution in [0.4, 0.5) is 0 Å². The maximum Gasteiger partial charge on any atom is 0.264 e. The van der Waals surface area contributed by atoms with E-state index in [4.69, 9.17) is 4.74 Å². The standard InChI is InChI=1S/C20H20N4O2S/c1-12(2)15-8-14-16(10-26-15)27-19-17(14)18(25)23(20-22-21-11-24(19)20)9-13-6-4-3-5-7-13/h3-7,11-12,15H,8-10H2,1-2H3/t15-/m0/s1. The Morgan fingerprint density at radius 2 is 2.11 bits per heavy atom. The largest absolute Gasteiger partial charge is 0.372 e. The van der Waals surface area contributed by atoms with Gasteiger partial charge in [-0.15, -0.1) is 21.5 Å². The molecule has 138 valence electrons. The van der Waals surface area contributed by atoms with Gasteiger partial charge in [-0.1, -0.05) is 44.2 Å². The van der Waals surface area contributed by atoms with Gasteiger partial charge in [-0.05, 0) is 17.0 Å². The number of benzene rings is 1. The minimum absolute atomic E-state index is 0.0104. The third-order valence-corrected chi connectivity index (χ3v) is 6.49. The van der Waals surface area contributed by atoms with Crippen molar-refractivity contribution in [1.82, 2.24) is 19.2 Å². The molecule has 1 atom stereocenters. The van der Waals surface area contributed by atoms with Crippen molar-refractivity contribution in [2.45, 2.75) is 39.5 Å². The molecular formula is C20H20N4O2S. The summed E-state index contributed by atoms with van der Waals surface area (Å²) in [5.74, 6) is 0.995. The van der Waals surface area contributed by atoms with Crippen LogP contribution in [0.3, 0.4) is 0 Å². The minimum atomic E-state index is 0.0104. The van der Waals surface area contributed by atoms with E-state index in [1.54, 1.807) is 22.2 Å². The smallest absolute Gasteiger partial charge is 0.264 e. The van der Waals surface area contributed by atoms with Crippen molar-refractivity contribution in [3.05, 3.63) is 63.0 Å². The van der Waals surface area contributed by atoms with E-state index in [-0.39, 0.29) is 11.7 Å². The number of hydrogen-bond donors (Lipinski definition) is 0. The van der Waals surface area contributed by atoms with E-state index in [9.17, 15) is 4.79 Å². The molecule has 5 rings (SSSR count). The Labute approximate surface area is 160 Å². The molecule has 4 aromatic rings. The van der Waals surface area contributed by atoms with Gasteiger partial charge in [0.05, 0.1) is 24.6 Å². The second-order valence-electron chi connectivity index (χ2n) is 7.36. The average Bonchev–Trinajstić information content (AvgIpc) is 3.30. The van der Waals surface area contributed by atoms with Gasteiger partial charge < -0.3 is 4.74 Å². The van der Waals surface area contributed by atoms with Crippen molar-refractivity contribution in [3.63, 3.8) is 0 Å². The molecule has 0 aliphatic carbocycles. The van der Waals surface area contributed by atoms with Crippen molar-refractivity contribution in [1.29, 1.82) is 0 Å². The zero-order valence-corrected chi connectivity index (χ0v) is 16.1. The summed E-state index contributed by atoms with van der Waals surface area (Å²) in [6.45, 7) is 5.37. The van der Waals surface area contributed by atoms with Crippen LogP contribution in [-0.4, -0.2) is 25.3 Å². The first-order chi connectivity index (χ1) is 13.1. The first kappa shape index (κ1) is 16.6. The van der Waals surface area contributed by atoms with E-state index >= 15 is 0 Å². The highest BCUT2D eigenvalue weighted by Crippen LogP contribution is 2.36. The summed E-state index contributed by atoms with van der Waals surface area (Å²) in [6, 6.07) is 9.99. The monoisotopic (exact) mass is 380 g/mol. The van der Waals surface area contributed by atoms with Crippen molar-refractivity contribution in [3.8, 4) is 0 Å². The summed E-state index contributed by atoms with van der Waals surface area (Å²) >= 11 is 1.62. The molecule has 0 N–H and O–H groups in total. The van der Waals surface area contributed by atoms with E-state index < -0.39 is 0 Å². The number of thiophene rings is 1. The summed E-state index contributed by atoms with van der Waals surface area (Å²) in [7, 11) is 0. The molecule has 1 aliphatic rings. The van der Waals surface area contributed by atoms with Gasteiger partial charge >= 0.3 is 0 Å². The third-order valence-electron chi connectivity index (χ3n) is 5.28. The lowest BCUT2D eigenvalue weighted by Gasteiger charge is -2.26. The minimum Gasteiger partial charge on any atom is -0.372 e. The van der Waals surface area contributed by atoms with Gasteiger partial charge in [-0.2, -0.15) is 0 Å². The maximum absolute atomic E-state index is 13.5. The normalized spacial score (nSPS) is 17.1. The molecule has 0 unspecified atom stereocenters. The van der Waals surface area contributed by atoms with Crippen LogP contribution in [0.25, 0.3) is 16.0 Å².